The molecule has 0 spiro atoms. The highest BCUT2D eigenvalue weighted by Crippen LogP contribution is 2.36. The molecule has 26 heavy (non-hydrogen) atoms. The summed E-state index contributed by atoms with van der Waals surface area (Å²) in [6.45, 7) is 8.48. The van der Waals surface area contributed by atoms with Crippen LogP contribution in [0.4, 0.5) is 0 Å². The Morgan fingerprint density at radius 1 is 0.923 bits per heavy atom. The fraction of sp³-hybridized carbons (Fsp3) is 0.400. The largest absolute Gasteiger partial charge is 0.405 e. The van der Waals surface area contributed by atoms with Crippen molar-refractivity contribution in [2.75, 3.05) is 12.9 Å². The Bertz CT molecular complexity index is 759. The maximum atomic E-state index is 11.4. The topological polar surface area (TPSA) is 52.6 Å². The first kappa shape index (κ1) is 20.8. The van der Waals surface area contributed by atoms with Crippen molar-refractivity contribution >= 4 is 28.8 Å². The van der Waals surface area contributed by atoms with E-state index in [0.717, 1.165) is 16.6 Å². The minimum absolute atomic E-state index is 0.152. The van der Waals surface area contributed by atoms with Gasteiger partial charge in [0.2, 0.25) is 0 Å². The first-order valence-electron chi connectivity index (χ1n) is 8.69. The highest BCUT2D eigenvalue weighted by Gasteiger charge is 2.50. The smallest absolute Gasteiger partial charge is 0.264 e. The van der Waals surface area contributed by atoms with E-state index in [0.29, 0.717) is 0 Å². The van der Waals surface area contributed by atoms with Crippen molar-refractivity contribution < 1.29 is 17.0 Å². The molecule has 0 fully saturated rings. The SMILES string of the molecule is C[C@H](CO[Si](c1ccccc1)(c1ccccc1)C(C)(C)C)OS(C)(=O)=O. The van der Waals surface area contributed by atoms with Crippen molar-refractivity contribution in [3.63, 3.8) is 0 Å². The van der Waals surface area contributed by atoms with Gasteiger partial charge in [-0.3, -0.25) is 4.18 Å². The summed E-state index contributed by atoms with van der Waals surface area (Å²) in [6, 6.07) is 20.5. The lowest BCUT2D eigenvalue weighted by Gasteiger charge is -2.43. The van der Waals surface area contributed by atoms with Gasteiger partial charge in [0.15, 0.2) is 0 Å². The summed E-state index contributed by atoms with van der Waals surface area (Å²) < 4.78 is 34.6. The molecule has 0 aliphatic heterocycles. The van der Waals surface area contributed by atoms with Crippen LogP contribution in [-0.2, 0) is 18.7 Å². The second-order valence-corrected chi connectivity index (χ2v) is 13.5. The van der Waals surface area contributed by atoms with E-state index in [1.54, 1.807) is 6.92 Å². The maximum absolute atomic E-state index is 11.4. The van der Waals surface area contributed by atoms with Crippen LogP contribution in [-0.4, -0.2) is 35.7 Å². The first-order valence-corrected chi connectivity index (χ1v) is 12.4. The van der Waals surface area contributed by atoms with Crippen LogP contribution in [0.3, 0.4) is 0 Å². The van der Waals surface area contributed by atoms with Gasteiger partial charge in [0.05, 0.1) is 19.0 Å². The Hall–Kier alpha value is -1.47. The molecule has 0 aromatic heterocycles. The molecular formula is C20H28O4SSi. The van der Waals surface area contributed by atoms with Crippen molar-refractivity contribution in [2.24, 2.45) is 0 Å². The first-order chi connectivity index (χ1) is 12.1. The predicted octanol–water partition coefficient (Wildman–Crippen LogP) is 2.93. The summed E-state index contributed by atoms with van der Waals surface area (Å²) in [5.41, 5.74) is 0. The molecule has 0 saturated carbocycles. The quantitative estimate of drug-likeness (QED) is 0.537. The van der Waals surface area contributed by atoms with Gasteiger partial charge >= 0.3 is 0 Å². The molecule has 0 aliphatic carbocycles. The molecule has 142 valence electrons. The number of hydrogen-bond donors (Lipinski definition) is 0. The zero-order valence-electron chi connectivity index (χ0n) is 16.1. The van der Waals surface area contributed by atoms with E-state index in [9.17, 15) is 8.42 Å². The van der Waals surface area contributed by atoms with Crippen molar-refractivity contribution in [2.45, 2.75) is 38.8 Å². The molecule has 0 N–H and O–H groups in total. The third-order valence-electron chi connectivity index (χ3n) is 4.29. The average Bonchev–Trinajstić information content (AvgIpc) is 2.54. The van der Waals surface area contributed by atoms with E-state index in [-0.39, 0.29) is 11.6 Å². The number of benzene rings is 2. The minimum atomic E-state index is -3.52. The third-order valence-corrected chi connectivity index (χ3v) is 9.97. The van der Waals surface area contributed by atoms with Crippen molar-refractivity contribution in [1.82, 2.24) is 0 Å². The zero-order valence-corrected chi connectivity index (χ0v) is 17.9. The van der Waals surface area contributed by atoms with Crippen LogP contribution in [0, 0.1) is 0 Å². The summed E-state index contributed by atoms with van der Waals surface area (Å²) in [6.07, 6.45) is 0.512. The Balaban J connectivity index is 2.51. The minimum Gasteiger partial charge on any atom is -0.405 e. The molecule has 1 atom stereocenters. The van der Waals surface area contributed by atoms with Crippen LogP contribution >= 0.6 is 0 Å². The molecule has 2 aromatic carbocycles. The van der Waals surface area contributed by atoms with Crippen molar-refractivity contribution in [1.29, 1.82) is 0 Å². The van der Waals surface area contributed by atoms with Gasteiger partial charge in [-0.15, -0.1) is 0 Å². The van der Waals surface area contributed by atoms with E-state index >= 15 is 0 Å². The second-order valence-electron chi connectivity index (χ2n) is 7.59. The summed E-state index contributed by atoms with van der Waals surface area (Å²) in [5.74, 6) is 0. The van der Waals surface area contributed by atoms with Crippen LogP contribution in [0.2, 0.25) is 5.04 Å². The molecule has 4 nitrogen and oxygen atoms in total. The van der Waals surface area contributed by atoms with Crippen LogP contribution in [0.5, 0.6) is 0 Å². The van der Waals surface area contributed by atoms with E-state index in [2.05, 4.69) is 45.0 Å². The van der Waals surface area contributed by atoms with Gasteiger partial charge in [0.25, 0.3) is 18.4 Å². The summed E-state index contributed by atoms with van der Waals surface area (Å²) in [7, 11) is -6.18. The van der Waals surface area contributed by atoms with Gasteiger partial charge in [-0.2, -0.15) is 8.42 Å². The number of hydrogen-bond acceptors (Lipinski definition) is 4. The monoisotopic (exact) mass is 392 g/mol. The molecule has 6 heteroatoms. The Morgan fingerprint density at radius 3 is 1.69 bits per heavy atom. The molecule has 0 unspecified atom stereocenters. The lowest BCUT2D eigenvalue weighted by Crippen LogP contribution is -2.67. The van der Waals surface area contributed by atoms with E-state index in [4.69, 9.17) is 8.61 Å². The lowest BCUT2D eigenvalue weighted by atomic mass is 10.2. The molecule has 0 bridgehead atoms. The highest BCUT2D eigenvalue weighted by atomic mass is 32.2. The molecule has 0 amide bonds. The van der Waals surface area contributed by atoms with Gasteiger partial charge in [-0.05, 0) is 22.3 Å². The molecule has 2 rings (SSSR count). The zero-order chi connectivity index (χ0) is 19.4. The van der Waals surface area contributed by atoms with Crippen molar-refractivity contribution in [3.05, 3.63) is 60.7 Å². The number of rotatable bonds is 7. The normalized spacial score (nSPS) is 14.2. The van der Waals surface area contributed by atoms with E-state index in [1.807, 2.05) is 36.4 Å². The lowest BCUT2D eigenvalue weighted by molar-refractivity contribution is 0.143. The highest BCUT2D eigenvalue weighted by molar-refractivity contribution is 7.86. The summed E-state index contributed by atoms with van der Waals surface area (Å²) >= 11 is 0. The van der Waals surface area contributed by atoms with Crippen LogP contribution < -0.4 is 10.4 Å². The maximum Gasteiger partial charge on any atom is 0.264 e. The third kappa shape index (κ3) is 4.82. The Morgan fingerprint density at radius 2 is 1.35 bits per heavy atom. The molecule has 0 radical (unpaired) electrons. The predicted molar refractivity (Wildman–Crippen MR) is 109 cm³/mol. The van der Waals surface area contributed by atoms with Gasteiger partial charge in [0, 0.05) is 0 Å². The average molecular weight is 393 g/mol. The fourth-order valence-electron chi connectivity index (χ4n) is 3.33. The van der Waals surface area contributed by atoms with Crippen molar-refractivity contribution in [3.8, 4) is 0 Å². The molecule has 0 saturated heterocycles. The molecule has 0 aliphatic rings. The van der Waals surface area contributed by atoms with E-state index < -0.39 is 24.5 Å². The summed E-state index contributed by atoms with van der Waals surface area (Å²) in [5, 5.41) is 2.16. The Labute approximate surface area is 158 Å². The van der Waals surface area contributed by atoms with Crippen LogP contribution in [0.15, 0.2) is 60.7 Å². The van der Waals surface area contributed by atoms with Gasteiger partial charge in [0.1, 0.15) is 0 Å². The van der Waals surface area contributed by atoms with Gasteiger partial charge in [-0.1, -0.05) is 81.4 Å². The van der Waals surface area contributed by atoms with Crippen LogP contribution in [0.25, 0.3) is 0 Å². The summed E-state index contributed by atoms with van der Waals surface area (Å²) in [4.78, 5) is 0. The Kier molecular flexibility index (Phi) is 6.45. The van der Waals surface area contributed by atoms with Gasteiger partial charge < -0.3 is 4.43 Å². The molecule has 0 heterocycles. The van der Waals surface area contributed by atoms with E-state index in [1.165, 1.54) is 0 Å². The van der Waals surface area contributed by atoms with Gasteiger partial charge in [-0.25, -0.2) is 0 Å². The standard InChI is InChI=1S/C20H28O4SSi/c1-17(24-25(5,21)22)16-23-26(20(2,3)4,18-12-8-6-9-13-18)19-14-10-7-11-15-19/h6-15,17H,16H2,1-5H3/t17-/m1/s1. The molecular weight excluding hydrogens is 364 g/mol. The molecule has 2 aromatic rings. The van der Waals surface area contributed by atoms with Crippen LogP contribution in [0.1, 0.15) is 27.7 Å². The second kappa shape index (κ2) is 8.04. The fourth-order valence-corrected chi connectivity index (χ4v) is 8.62.